The standard InChI is InChI=1S/C23H28N2O3/c1-17(2)25(16-20-8-6-5-7-9-20)23(27)18(3)24-22(26)15-12-19-10-13-21(28-4)14-11-19/h5-15,17-18H,16H2,1-4H3,(H,24,26)/b15-12+. The van der Waals surface area contributed by atoms with Gasteiger partial charge in [0.05, 0.1) is 7.11 Å². The molecule has 0 aromatic heterocycles. The highest BCUT2D eigenvalue weighted by Crippen LogP contribution is 2.13. The van der Waals surface area contributed by atoms with Gasteiger partial charge in [-0.05, 0) is 50.1 Å². The monoisotopic (exact) mass is 380 g/mol. The number of hydrogen-bond acceptors (Lipinski definition) is 3. The maximum absolute atomic E-state index is 12.8. The van der Waals surface area contributed by atoms with Crippen LogP contribution in [0.4, 0.5) is 0 Å². The van der Waals surface area contributed by atoms with Gasteiger partial charge >= 0.3 is 0 Å². The lowest BCUT2D eigenvalue weighted by molar-refractivity contribution is -0.137. The molecule has 0 aliphatic heterocycles. The molecule has 2 aromatic carbocycles. The van der Waals surface area contributed by atoms with Crippen LogP contribution in [0.1, 0.15) is 31.9 Å². The van der Waals surface area contributed by atoms with Crippen molar-refractivity contribution >= 4 is 17.9 Å². The Morgan fingerprint density at radius 3 is 2.25 bits per heavy atom. The number of carbonyl (C=O) groups excluding carboxylic acids is 2. The van der Waals surface area contributed by atoms with Crippen molar-refractivity contribution in [1.82, 2.24) is 10.2 Å². The van der Waals surface area contributed by atoms with E-state index in [2.05, 4.69) is 5.32 Å². The van der Waals surface area contributed by atoms with Gasteiger partial charge in [-0.3, -0.25) is 9.59 Å². The minimum absolute atomic E-state index is 0.0295. The largest absolute Gasteiger partial charge is 0.497 e. The van der Waals surface area contributed by atoms with Crippen LogP contribution >= 0.6 is 0 Å². The maximum atomic E-state index is 12.8. The van der Waals surface area contributed by atoms with Crippen molar-refractivity contribution in [2.24, 2.45) is 0 Å². The van der Waals surface area contributed by atoms with Crippen LogP contribution in [-0.4, -0.2) is 35.9 Å². The van der Waals surface area contributed by atoms with Crippen LogP contribution in [0.15, 0.2) is 60.7 Å². The molecule has 0 aliphatic rings. The first kappa shape index (κ1) is 21.2. The van der Waals surface area contributed by atoms with E-state index in [0.29, 0.717) is 6.54 Å². The van der Waals surface area contributed by atoms with Gasteiger partial charge in [0, 0.05) is 18.7 Å². The lowest BCUT2D eigenvalue weighted by Gasteiger charge is -2.29. The van der Waals surface area contributed by atoms with E-state index in [-0.39, 0.29) is 17.9 Å². The predicted molar refractivity (Wildman–Crippen MR) is 112 cm³/mol. The fourth-order valence-corrected chi connectivity index (χ4v) is 2.75. The van der Waals surface area contributed by atoms with Crippen molar-refractivity contribution in [2.75, 3.05) is 7.11 Å². The number of nitrogens with zero attached hydrogens (tertiary/aromatic N) is 1. The summed E-state index contributed by atoms with van der Waals surface area (Å²) in [4.78, 5) is 26.8. The first-order valence-electron chi connectivity index (χ1n) is 9.37. The Bertz CT molecular complexity index is 798. The summed E-state index contributed by atoms with van der Waals surface area (Å²) in [5.41, 5.74) is 1.94. The number of rotatable bonds is 8. The molecular formula is C23H28N2O3. The molecule has 2 aromatic rings. The van der Waals surface area contributed by atoms with Gasteiger partial charge in [0.2, 0.25) is 11.8 Å². The van der Waals surface area contributed by atoms with Crippen molar-refractivity contribution in [1.29, 1.82) is 0 Å². The van der Waals surface area contributed by atoms with Gasteiger partial charge in [0.15, 0.2) is 0 Å². The fraction of sp³-hybridized carbons (Fsp3) is 0.304. The molecule has 2 amide bonds. The number of amides is 2. The zero-order chi connectivity index (χ0) is 20.5. The fourth-order valence-electron chi connectivity index (χ4n) is 2.75. The van der Waals surface area contributed by atoms with Crippen LogP contribution in [-0.2, 0) is 16.1 Å². The summed E-state index contributed by atoms with van der Waals surface area (Å²) in [5.74, 6) is 0.346. The van der Waals surface area contributed by atoms with Crippen molar-refractivity contribution < 1.29 is 14.3 Å². The van der Waals surface area contributed by atoms with Crippen LogP contribution in [0.25, 0.3) is 6.08 Å². The van der Waals surface area contributed by atoms with Crippen LogP contribution in [0, 0.1) is 0 Å². The van der Waals surface area contributed by atoms with Crippen molar-refractivity contribution in [3.63, 3.8) is 0 Å². The Labute approximate surface area is 167 Å². The third-order valence-corrected chi connectivity index (χ3v) is 4.37. The summed E-state index contributed by atoms with van der Waals surface area (Å²) in [5, 5.41) is 2.75. The summed E-state index contributed by atoms with van der Waals surface area (Å²) >= 11 is 0. The van der Waals surface area contributed by atoms with Crippen LogP contribution in [0.2, 0.25) is 0 Å². The van der Waals surface area contributed by atoms with E-state index in [0.717, 1.165) is 16.9 Å². The summed E-state index contributed by atoms with van der Waals surface area (Å²) in [7, 11) is 1.61. The van der Waals surface area contributed by atoms with Gasteiger partial charge in [-0.1, -0.05) is 42.5 Å². The SMILES string of the molecule is COc1ccc(/C=C/C(=O)NC(C)C(=O)N(Cc2ccccc2)C(C)C)cc1. The third kappa shape index (κ3) is 6.27. The highest BCUT2D eigenvalue weighted by molar-refractivity contribution is 5.95. The molecule has 2 rings (SSSR count). The van der Waals surface area contributed by atoms with Gasteiger partial charge in [0.25, 0.3) is 0 Å². The van der Waals surface area contributed by atoms with Crippen LogP contribution in [0.5, 0.6) is 5.75 Å². The molecule has 5 nitrogen and oxygen atoms in total. The average Bonchev–Trinajstić information content (AvgIpc) is 2.70. The zero-order valence-corrected chi connectivity index (χ0v) is 16.9. The van der Waals surface area contributed by atoms with E-state index < -0.39 is 6.04 Å². The van der Waals surface area contributed by atoms with E-state index in [1.807, 2.05) is 68.4 Å². The molecule has 28 heavy (non-hydrogen) atoms. The molecule has 0 saturated heterocycles. The smallest absolute Gasteiger partial charge is 0.245 e. The lowest BCUT2D eigenvalue weighted by Crippen LogP contribution is -2.48. The lowest BCUT2D eigenvalue weighted by atomic mass is 10.1. The predicted octanol–water partition coefficient (Wildman–Crippen LogP) is 3.65. The van der Waals surface area contributed by atoms with E-state index >= 15 is 0 Å². The van der Waals surface area contributed by atoms with E-state index in [9.17, 15) is 9.59 Å². The molecule has 0 fully saturated rings. The average molecular weight is 380 g/mol. The Hall–Kier alpha value is -3.08. The molecule has 0 spiro atoms. The summed E-state index contributed by atoms with van der Waals surface area (Å²) in [6.45, 7) is 6.17. The Morgan fingerprint density at radius 1 is 1.04 bits per heavy atom. The van der Waals surface area contributed by atoms with E-state index in [1.165, 1.54) is 6.08 Å². The molecule has 0 saturated carbocycles. The molecule has 1 N–H and O–H groups in total. The molecule has 0 heterocycles. The van der Waals surface area contributed by atoms with E-state index in [4.69, 9.17) is 4.74 Å². The quantitative estimate of drug-likeness (QED) is 0.711. The summed E-state index contributed by atoms with van der Waals surface area (Å²) < 4.78 is 5.11. The molecule has 0 bridgehead atoms. The van der Waals surface area contributed by atoms with Gasteiger partial charge in [-0.25, -0.2) is 0 Å². The normalized spacial score (nSPS) is 12.0. The second-order valence-electron chi connectivity index (χ2n) is 6.88. The molecule has 5 heteroatoms. The second kappa shape index (κ2) is 10.3. The number of ether oxygens (including phenoxy) is 1. The topological polar surface area (TPSA) is 58.6 Å². The van der Waals surface area contributed by atoms with Crippen molar-refractivity contribution in [3.05, 3.63) is 71.8 Å². The molecule has 1 unspecified atom stereocenters. The number of benzene rings is 2. The third-order valence-electron chi connectivity index (χ3n) is 4.37. The zero-order valence-electron chi connectivity index (χ0n) is 16.9. The number of nitrogens with one attached hydrogen (secondary N) is 1. The summed E-state index contributed by atoms with van der Waals surface area (Å²) in [6.07, 6.45) is 3.14. The maximum Gasteiger partial charge on any atom is 0.245 e. The minimum atomic E-state index is -0.612. The Kier molecular flexibility index (Phi) is 7.81. The Balaban J connectivity index is 1.96. The van der Waals surface area contributed by atoms with Crippen molar-refractivity contribution in [2.45, 2.75) is 39.4 Å². The molecule has 0 aliphatic carbocycles. The molecule has 148 valence electrons. The van der Waals surface area contributed by atoms with Gasteiger partial charge in [-0.2, -0.15) is 0 Å². The highest BCUT2D eigenvalue weighted by Gasteiger charge is 2.23. The first-order valence-corrected chi connectivity index (χ1v) is 9.37. The van der Waals surface area contributed by atoms with E-state index in [1.54, 1.807) is 25.0 Å². The minimum Gasteiger partial charge on any atom is -0.497 e. The van der Waals surface area contributed by atoms with Gasteiger partial charge in [0.1, 0.15) is 11.8 Å². The molecule has 0 radical (unpaired) electrons. The second-order valence-corrected chi connectivity index (χ2v) is 6.88. The first-order chi connectivity index (χ1) is 13.4. The summed E-state index contributed by atoms with van der Waals surface area (Å²) in [6, 6.07) is 16.6. The van der Waals surface area contributed by atoms with Gasteiger partial charge in [-0.15, -0.1) is 0 Å². The van der Waals surface area contributed by atoms with Crippen LogP contribution < -0.4 is 10.1 Å². The molecule has 1 atom stereocenters. The number of carbonyl (C=O) groups is 2. The number of methoxy groups -OCH3 is 1. The van der Waals surface area contributed by atoms with Crippen LogP contribution in [0.3, 0.4) is 0 Å². The highest BCUT2D eigenvalue weighted by atomic mass is 16.5. The number of hydrogen-bond donors (Lipinski definition) is 1. The van der Waals surface area contributed by atoms with Crippen molar-refractivity contribution in [3.8, 4) is 5.75 Å². The Morgan fingerprint density at radius 2 is 1.68 bits per heavy atom. The molecular weight excluding hydrogens is 352 g/mol. The van der Waals surface area contributed by atoms with Gasteiger partial charge < -0.3 is 15.0 Å².